The molecule has 1 aromatic rings. The fourth-order valence-corrected chi connectivity index (χ4v) is 1.09. The molecule has 16 heavy (non-hydrogen) atoms. The van der Waals surface area contributed by atoms with Gasteiger partial charge >= 0.3 is 0 Å². The lowest BCUT2D eigenvalue weighted by Gasteiger charge is -2.28. The number of anilines is 2. The van der Waals surface area contributed by atoms with Crippen molar-refractivity contribution in [1.29, 1.82) is 0 Å². The zero-order chi connectivity index (χ0) is 12.3. The van der Waals surface area contributed by atoms with E-state index in [0.717, 1.165) is 0 Å². The number of pyridine rings is 1. The lowest BCUT2D eigenvalue weighted by molar-refractivity contribution is 0.218. The molecule has 4 N–H and O–H groups in total. The first-order valence-corrected chi connectivity index (χ1v) is 4.92. The van der Waals surface area contributed by atoms with Gasteiger partial charge in [-0.25, -0.2) is 13.8 Å². The number of rotatable bonds is 4. The number of nitrogens with one attached hydrogen (secondary N) is 1. The third kappa shape index (κ3) is 2.57. The summed E-state index contributed by atoms with van der Waals surface area (Å²) >= 11 is 0. The molecule has 1 unspecified atom stereocenters. The van der Waals surface area contributed by atoms with Crippen LogP contribution in [0.1, 0.15) is 20.3 Å². The van der Waals surface area contributed by atoms with E-state index in [1.165, 1.54) is 0 Å². The van der Waals surface area contributed by atoms with Crippen LogP contribution in [0.4, 0.5) is 20.4 Å². The zero-order valence-corrected chi connectivity index (χ0v) is 9.22. The number of nitrogens with zero attached hydrogens (tertiary/aromatic N) is 1. The number of aromatic nitrogens is 1. The molecular formula is C10H15F2N3O. The summed E-state index contributed by atoms with van der Waals surface area (Å²) in [4.78, 5) is 3.56. The molecular weight excluding hydrogens is 216 g/mol. The van der Waals surface area contributed by atoms with E-state index in [9.17, 15) is 8.78 Å². The zero-order valence-electron chi connectivity index (χ0n) is 9.22. The standard InChI is InChI=1S/C10H15F2N3O/c1-3-10(2,5-16)15-9-7(12)4-6(11)8(13)14-9/h4,16H,3,5H2,1-2H3,(H3,13,14,15). The molecule has 1 aromatic heterocycles. The topological polar surface area (TPSA) is 71.2 Å². The van der Waals surface area contributed by atoms with Crippen molar-refractivity contribution in [1.82, 2.24) is 4.98 Å². The van der Waals surface area contributed by atoms with Gasteiger partial charge in [0.05, 0.1) is 12.1 Å². The van der Waals surface area contributed by atoms with Gasteiger partial charge in [0, 0.05) is 6.07 Å². The van der Waals surface area contributed by atoms with E-state index < -0.39 is 17.2 Å². The fourth-order valence-electron chi connectivity index (χ4n) is 1.09. The summed E-state index contributed by atoms with van der Waals surface area (Å²) < 4.78 is 26.2. The SMILES string of the molecule is CCC(C)(CO)Nc1nc(N)c(F)cc1F. The minimum Gasteiger partial charge on any atom is -0.394 e. The quantitative estimate of drug-likeness (QED) is 0.734. The summed E-state index contributed by atoms with van der Waals surface area (Å²) in [7, 11) is 0. The molecule has 1 atom stereocenters. The highest BCUT2D eigenvalue weighted by atomic mass is 19.1. The van der Waals surface area contributed by atoms with Crippen molar-refractivity contribution in [3.63, 3.8) is 0 Å². The summed E-state index contributed by atoms with van der Waals surface area (Å²) in [5.41, 5.74) is 4.53. The third-order valence-corrected chi connectivity index (χ3v) is 2.51. The van der Waals surface area contributed by atoms with Gasteiger partial charge in [0.1, 0.15) is 0 Å². The molecule has 90 valence electrons. The first kappa shape index (κ1) is 12.6. The maximum absolute atomic E-state index is 13.3. The van der Waals surface area contributed by atoms with Crippen molar-refractivity contribution in [3.05, 3.63) is 17.7 Å². The van der Waals surface area contributed by atoms with Crippen LogP contribution in [0.2, 0.25) is 0 Å². The fraction of sp³-hybridized carbons (Fsp3) is 0.500. The number of nitrogen functional groups attached to an aromatic ring is 1. The first-order valence-electron chi connectivity index (χ1n) is 4.92. The van der Waals surface area contributed by atoms with Crippen molar-refractivity contribution in [2.24, 2.45) is 0 Å². The number of aliphatic hydroxyl groups excluding tert-OH is 1. The number of nitrogens with two attached hydrogens (primary N) is 1. The van der Waals surface area contributed by atoms with Gasteiger partial charge in [0.25, 0.3) is 0 Å². The van der Waals surface area contributed by atoms with Gasteiger partial charge in [0.15, 0.2) is 23.3 Å². The lowest BCUT2D eigenvalue weighted by atomic mass is 10.0. The second kappa shape index (κ2) is 4.61. The molecule has 1 rings (SSSR count). The van der Waals surface area contributed by atoms with Crippen LogP contribution in [0.5, 0.6) is 0 Å². The Kier molecular flexibility index (Phi) is 3.64. The molecule has 6 heteroatoms. The molecule has 0 saturated carbocycles. The van der Waals surface area contributed by atoms with Gasteiger partial charge in [-0.05, 0) is 13.3 Å². The predicted molar refractivity (Wildman–Crippen MR) is 58.0 cm³/mol. The van der Waals surface area contributed by atoms with Gasteiger partial charge in [-0.1, -0.05) is 6.92 Å². The van der Waals surface area contributed by atoms with E-state index in [0.29, 0.717) is 12.5 Å². The molecule has 4 nitrogen and oxygen atoms in total. The molecule has 0 aromatic carbocycles. The van der Waals surface area contributed by atoms with Gasteiger partial charge in [-0.15, -0.1) is 0 Å². The average molecular weight is 231 g/mol. The lowest BCUT2D eigenvalue weighted by Crippen LogP contribution is -2.38. The average Bonchev–Trinajstić information content (AvgIpc) is 2.25. The Morgan fingerprint density at radius 3 is 2.62 bits per heavy atom. The van der Waals surface area contributed by atoms with Crippen molar-refractivity contribution in [2.75, 3.05) is 17.7 Å². The Labute approximate surface area is 92.5 Å². The molecule has 0 aliphatic rings. The van der Waals surface area contributed by atoms with E-state index in [1.54, 1.807) is 6.92 Å². The van der Waals surface area contributed by atoms with Crippen LogP contribution in [0, 0.1) is 11.6 Å². The van der Waals surface area contributed by atoms with Crippen LogP contribution in [0.25, 0.3) is 0 Å². The summed E-state index contributed by atoms with van der Waals surface area (Å²) in [6.45, 7) is 3.34. The molecule has 0 aliphatic carbocycles. The second-order valence-corrected chi connectivity index (χ2v) is 3.88. The van der Waals surface area contributed by atoms with E-state index in [-0.39, 0.29) is 18.2 Å². The van der Waals surface area contributed by atoms with Crippen molar-refractivity contribution in [3.8, 4) is 0 Å². The smallest absolute Gasteiger partial charge is 0.168 e. The summed E-state index contributed by atoms with van der Waals surface area (Å²) in [5.74, 6) is -2.26. The van der Waals surface area contributed by atoms with Gasteiger partial charge < -0.3 is 16.2 Å². The number of hydrogen-bond donors (Lipinski definition) is 3. The predicted octanol–water partition coefficient (Wildman–Crippen LogP) is 1.51. The minimum absolute atomic E-state index is 0.155. The largest absolute Gasteiger partial charge is 0.394 e. The van der Waals surface area contributed by atoms with E-state index >= 15 is 0 Å². The van der Waals surface area contributed by atoms with Gasteiger partial charge in [0.2, 0.25) is 0 Å². The van der Waals surface area contributed by atoms with E-state index in [4.69, 9.17) is 10.8 Å². The van der Waals surface area contributed by atoms with Crippen molar-refractivity contribution < 1.29 is 13.9 Å². The van der Waals surface area contributed by atoms with Gasteiger partial charge in [-0.3, -0.25) is 0 Å². The number of halogens is 2. The van der Waals surface area contributed by atoms with E-state index in [2.05, 4.69) is 10.3 Å². The normalized spacial score (nSPS) is 14.6. The summed E-state index contributed by atoms with van der Waals surface area (Å²) in [5, 5.41) is 11.9. The molecule has 0 saturated heterocycles. The molecule has 0 radical (unpaired) electrons. The van der Waals surface area contributed by atoms with Crippen LogP contribution in [-0.4, -0.2) is 22.2 Å². The van der Waals surface area contributed by atoms with E-state index in [1.807, 2.05) is 6.92 Å². The Hall–Kier alpha value is -1.43. The highest BCUT2D eigenvalue weighted by molar-refractivity contribution is 5.46. The van der Waals surface area contributed by atoms with Gasteiger partial charge in [-0.2, -0.15) is 0 Å². The van der Waals surface area contributed by atoms with Crippen LogP contribution in [0.3, 0.4) is 0 Å². The minimum atomic E-state index is -0.898. The molecule has 0 spiro atoms. The number of aliphatic hydroxyl groups is 1. The summed E-state index contributed by atoms with van der Waals surface area (Å²) in [6, 6.07) is 0.665. The molecule has 0 aliphatic heterocycles. The van der Waals surface area contributed by atoms with Crippen LogP contribution in [-0.2, 0) is 0 Å². The molecule has 0 amide bonds. The highest BCUT2D eigenvalue weighted by Gasteiger charge is 2.23. The molecule has 0 bridgehead atoms. The maximum atomic E-state index is 13.3. The molecule has 1 heterocycles. The monoisotopic (exact) mass is 231 g/mol. The Bertz CT molecular complexity index is 381. The summed E-state index contributed by atoms with van der Waals surface area (Å²) in [6.07, 6.45) is 0.557. The Balaban J connectivity index is 3.01. The van der Waals surface area contributed by atoms with Crippen LogP contribution in [0.15, 0.2) is 6.07 Å². The first-order chi connectivity index (χ1) is 7.41. The van der Waals surface area contributed by atoms with Crippen LogP contribution < -0.4 is 11.1 Å². The third-order valence-electron chi connectivity index (χ3n) is 2.51. The Morgan fingerprint density at radius 2 is 2.12 bits per heavy atom. The maximum Gasteiger partial charge on any atom is 0.168 e. The number of hydrogen-bond acceptors (Lipinski definition) is 4. The highest BCUT2D eigenvalue weighted by Crippen LogP contribution is 2.21. The molecule has 0 fully saturated rings. The van der Waals surface area contributed by atoms with Crippen molar-refractivity contribution >= 4 is 11.6 Å². The van der Waals surface area contributed by atoms with Crippen LogP contribution >= 0.6 is 0 Å². The second-order valence-electron chi connectivity index (χ2n) is 3.88. The Morgan fingerprint density at radius 1 is 1.50 bits per heavy atom. The van der Waals surface area contributed by atoms with Crippen molar-refractivity contribution in [2.45, 2.75) is 25.8 Å².